The summed E-state index contributed by atoms with van der Waals surface area (Å²) in [6.45, 7) is 2.21. The van der Waals surface area contributed by atoms with Gasteiger partial charge in [-0.1, -0.05) is 0 Å². The minimum atomic E-state index is -4.53. The number of nitrogens with two attached hydrogens (primary N) is 1. The number of benzene rings is 1. The first-order chi connectivity index (χ1) is 9.82. The highest BCUT2D eigenvalue weighted by atomic mass is 19.4. The van der Waals surface area contributed by atoms with Gasteiger partial charge >= 0.3 is 6.18 Å². The molecular weight excluding hydrogens is 285 g/mol. The molecule has 0 bridgehead atoms. The first-order valence-electron chi connectivity index (χ1n) is 6.14. The largest absolute Gasteiger partial charge is 0.435 e. The van der Waals surface area contributed by atoms with E-state index >= 15 is 0 Å². The van der Waals surface area contributed by atoms with Crippen LogP contribution in [0.4, 0.5) is 18.9 Å². The van der Waals surface area contributed by atoms with E-state index in [4.69, 9.17) is 5.73 Å². The summed E-state index contributed by atoms with van der Waals surface area (Å²) in [6, 6.07) is 5.19. The second kappa shape index (κ2) is 5.47. The van der Waals surface area contributed by atoms with Crippen LogP contribution in [0.2, 0.25) is 0 Å². The van der Waals surface area contributed by atoms with Crippen molar-refractivity contribution in [1.29, 1.82) is 0 Å². The molecule has 0 saturated heterocycles. The molecule has 0 spiro atoms. The van der Waals surface area contributed by atoms with Crippen molar-refractivity contribution in [2.45, 2.75) is 13.1 Å². The number of aromatic nitrogens is 2. The van der Waals surface area contributed by atoms with Crippen LogP contribution in [0.3, 0.4) is 0 Å². The van der Waals surface area contributed by atoms with Gasteiger partial charge in [-0.15, -0.1) is 0 Å². The minimum Gasteiger partial charge on any atom is -0.397 e. The molecule has 0 saturated carbocycles. The van der Waals surface area contributed by atoms with E-state index in [2.05, 4.69) is 10.4 Å². The number of anilines is 1. The van der Waals surface area contributed by atoms with Crippen LogP contribution in [0, 0.1) is 0 Å². The topological polar surface area (TPSA) is 72.9 Å². The van der Waals surface area contributed by atoms with Crippen molar-refractivity contribution in [3.05, 3.63) is 41.7 Å². The molecule has 112 valence electrons. The Morgan fingerprint density at radius 2 is 2.10 bits per heavy atom. The fraction of sp³-hybridized carbons (Fsp3) is 0.231. The van der Waals surface area contributed by atoms with Crippen molar-refractivity contribution < 1.29 is 18.0 Å². The summed E-state index contributed by atoms with van der Waals surface area (Å²) in [5.41, 5.74) is 5.45. The number of halogens is 3. The van der Waals surface area contributed by atoms with E-state index in [9.17, 15) is 18.0 Å². The summed E-state index contributed by atoms with van der Waals surface area (Å²) in [4.78, 5) is 11.7. The van der Waals surface area contributed by atoms with E-state index < -0.39 is 11.9 Å². The van der Waals surface area contributed by atoms with Gasteiger partial charge in [0.25, 0.3) is 5.91 Å². The van der Waals surface area contributed by atoms with Crippen LogP contribution in [0.5, 0.6) is 0 Å². The van der Waals surface area contributed by atoms with Gasteiger partial charge in [-0.05, 0) is 31.2 Å². The number of hydrogen-bond donors (Lipinski definition) is 2. The molecule has 3 N–H and O–H groups in total. The highest BCUT2D eigenvalue weighted by molar-refractivity contribution is 5.95. The average molecular weight is 298 g/mol. The summed E-state index contributed by atoms with van der Waals surface area (Å²) in [7, 11) is 0. The molecule has 2 rings (SSSR count). The Morgan fingerprint density at radius 1 is 1.38 bits per heavy atom. The van der Waals surface area contributed by atoms with Crippen molar-refractivity contribution in [3.8, 4) is 5.69 Å². The number of rotatable bonds is 3. The number of amides is 1. The van der Waals surface area contributed by atoms with Gasteiger partial charge < -0.3 is 11.1 Å². The predicted molar refractivity (Wildman–Crippen MR) is 71.0 cm³/mol. The normalized spacial score (nSPS) is 11.4. The number of hydrogen-bond acceptors (Lipinski definition) is 3. The van der Waals surface area contributed by atoms with Gasteiger partial charge in [0.2, 0.25) is 0 Å². The Hall–Kier alpha value is -2.51. The summed E-state index contributed by atoms with van der Waals surface area (Å²) in [6.07, 6.45) is -3.38. The van der Waals surface area contributed by atoms with Gasteiger partial charge in [-0.3, -0.25) is 4.79 Å². The lowest BCUT2D eigenvalue weighted by atomic mass is 10.1. The monoisotopic (exact) mass is 298 g/mol. The standard InChI is InChI=1S/C13H13F3N4O/c1-2-18-12(21)8-3-4-9(17)10(7-8)20-6-5-11(19-20)13(14,15)16/h3-7H,2,17H2,1H3,(H,18,21). The lowest BCUT2D eigenvalue weighted by Crippen LogP contribution is -2.22. The van der Waals surface area contributed by atoms with Crippen molar-refractivity contribution in [1.82, 2.24) is 15.1 Å². The van der Waals surface area contributed by atoms with Crippen LogP contribution < -0.4 is 11.1 Å². The SMILES string of the molecule is CCNC(=O)c1ccc(N)c(-n2ccc(C(F)(F)F)n2)c1. The summed E-state index contributed by atoms with van der Waals surface area (Å²) in [5.74, 6) is -0.332. The van der Waals surface area contributed by atoms with Gasteiger partial charge in [-0.25, -0.2) is 4.68 Å². The van der Waals surface area contributed by atoms with Gasteiger partial charge in [0.1, 0.15) is 0 Å². The van der Waals surface area contributed by atoms with Crippen LogP contribution in [0.25, 0.3) is 5.69 Å². The molecule has 1 aromatic heterocycles. The van der Waals surface area contributed by atoms with Gasteiger partial charge in [0.15, 0.2) is 5.69 Å². The second-order valence-electron chi connectivity index (χ2n) is 4.28. The van der Waals surface area contributed by atoms with E-state index in [-0.39, 0.29) is 17.3 Å². The molecule has 0 fully saturated rings. The Morgan fingerprint density at radius 3 is 2.67 bits per heavy atom. The summed E-state index contributed by atoms with van der Waals surface area (Å²) < 4.78 is 38.7. The van der Waals surface area contributed by atoms with E-state index in [0.717, 1.165) is 16.9 Å². The van der Waals surface area contributed by atoms with Crippen LogP contribution in [-0.2, 0) is 6.18 Å². The van der Waals surface area contributed by atoms with E-state index in [1.165, 1.54) is 18.2 Å². The number of nitrogens with zero attached hydrogens (tertiary/aromatic N) is 2. The number of nitrogens with one attached hydrogen (secondary N) is 1. The Labute approximate surface area is 118 Å². The molecule has 0 aliphatic carbocycles. The van der Waals surface area contributed by atoms with E-state index in [0.29, 0.717) is 12.1 Å². The highest BCUT2D eigenvalue weighted by Crippen LogP contribution is 2.28. The van der Waals surface area contributed by atoms with Crippen LogP contribution in [0.15, 0.2) is 30.5 Å². The smallest absolute Gasteiger partial charge is 0.397 e. The van der Waals surface area contributed by atoms with E-state index in [1.807, 2.05) is 0 Å². The van der Waals surface area contributed by atoms with Crippen molar-refractivity contribution >= 4 is 11.6 Å². The van der Waals surface area contributed by atoms with Crippen LogP contribution >= 0.6 is 0 Å². The van der Waals surface area contributed by atoms with Gasteiger partial charge in [0.05, 0.1) is 11.4 Å². The number of carbonyl (C=O) groups excluding carboxylic acids is 1. The van der Waals surface area contributed by atoms with Crippen molar-refractivity contribution in [3.63, 3.8) is 0 Å². The maximum absolute atomic E-state index is 12.6. The molecular formula is C13H13F3N4O. The lowest BCUT2D eigenvalue weighted by molar-refractivity contribution is -0.141. The molecule has 0 unspecified atom stereocenters. The fourth-order valence-electron chi connectivity index (χ4n) is 1.76. The van der Waals surface area contributed by atoms with Gasteiger partial charge in [0, 0.05) is 18.3 Å². The summed E-state index contributed by atoms with van der Waals surface area (Å²) in [5, 5.41) is 6.04. The molecule has 8 heteroatoms. The quantitative estimate of drug-likeness (QED) is 0.853. The van der Waals surface area contributed by atoms with Crippen LogP contribution in [0.1, 0.15) is 23.0 Å². The lowest BCUT2D eigenvalue weighted by Gasteiger charge is -2.09. The van der Waals surface area contributed by atoms with E-state index in [1.54, 1.807) is 6.92 Å². The fourth-order valence-corrected chi connectivity index (χ4v) is 1.76. The average Bonchev–Trinajstić information content (AvgIpc) is 2.89. The maximum Gasteiger partial charge on any atom is 0.435 e. The third-order valence-corrected chi connectivity index (χ3v) is 2.76. The molecule has 0 atom stereocenters. The minimum absolute atomic E-state index is 0.217. The predicted octanol–water partition coefficient (Wildman–Crippen LogP) is 2.22. The molecule has 21 heavy (non-hydrogen) atoms. The van der Waals surface area contributed by atoms with Gasteiger partial charge in [-0.2, -0.15) is 18.3 Å². The zero-order chi connectivity index (χ0) is 15.6. The molecule has 1 aromatic carbocycles. The highest BCUT2D eigenvalue weighted by Gasteiger charge is 2.33. The Kier molecular flexibility index (Phi) is 3.88. The molecule has 0 radical (unpaired) electrons. The molecule has 1 amide bonds. The van der Waals surface area contributed by atoms with Crippen molar-refractivity contribution in [2.24, 2.45) is 0 Å². The molecule has 2 aromatic rings. The first-order valence-corrected chi connectivity index (χ1v) is 6.14. The number of carbonyl (C=O) groups is 1. The molecule has 5 nitrogen and oxygen atoms in total. The molecule has 1 heterocycles. The summed E-state index contributed by atoms with van der Waals surface area (Å²) >= 11 is 0. The molecule has 0 aliphatic heterocycles. The Bertz CT molecular complexity index is 664. The number of nitrogen functional groups attached to an aromatic ring is 1. The van der Waals surface area contributed by atoms with Crippen LogP contribution in [-0.4, -0.2) is 22.2 Å². The second-order valence-corrected chi connectivity index (χ2v) is 4.28. The molecule has 0 aliphatic rings. The Balaban J connectivity index is 2.41. The third-order valence-electron chi connectivity index (χ3n) is 2.76. The van der Waals surface area contributed by atoms with Crippen molar-refractivity contribution in [2.75, 3.05) is 12.3 Å². The number of alkyl halides is 3. The zero-order valence-corrected chi connectivity index (χ0v) is 11.1. The first kappa shape index (κ1) is 14.9. The maximum atomic E-state index is 12.6. The zero-order valence-electron chi connectivity index (χ0n) is 11.1. The third kappa shape index (κ3) is 3.15.